The number of aliphatic hydroxyl groups is 1. The third kappa shape index (κ3) is 3.83. The summed E-state index contributed by atoms with van der Waals surface area (Å²) in [5, 5.41) is 23.3. The van der Waals surface area contributed by atoms with Gasteiger partial charge in [0.05, 0.1) is 30.2 Å². The van der Waals surface area contributed by atoms with E-state index in [0.29, 0.717) is 54.2 Å². The highest BCUT2D eigenvalue weighted by atomic mass is 19.1. The van der Waals surface area contributed by atoms with Crippen LogP contribution in [0.25, 0.3) is 5.65 Å². The number of aliphatic hydroxyl groups excluding tert-OH is 1. The number of aliphatic carboxylic acids is 1. The van der Waals surface area contributed by atoms with Gasteiger partial charge in [-0.05, 0) is 37.0 Å². The molecule has 0 radical (unpaired) electrons. The lowest BCUT2D eigenvalue weighted by Crippen LogP contribution is -2.26. The number of nitrogen functional groups attached to an aromatic ring is 1. The van der Waals surface area contributed by atoms with E-state index in [1.807, 2.05) is 4.90 Å². The molecule has 3 aromatic rings. The van der Waals surface area contributed by atoms with Crippen molar-refractivity contribution in [2.24, 2.45) is 0 Å². The monoisotopic (exact) mass is 400 g/mol. The predicted molar refractivity (Wildman–Crippen MR) is 103 cm³/mol. The zero-order valence-electron chi connectivity index (χ0n) is 15.6. The molecule has 1 aliphatic rings. The molecule has 2 atom stereocenters. The zero-order chi connectivity index (χ0) is 20.5. The van der Waals surface area contributed by atoms with Crippen molar-refractivity contribution in [3.63, 3.8) is 0 Å². The number of nitrogens with two attached hydrogens (primary N) is 1. The molecule has 4 rings (SSSR count). The van der Waals surface area contributed by atoms with Crippen LogP contribution < -0.4 is 10.6 Å². The van der Waals surface area contributed by atoms with Crippen LogP contribution >= 0.6 is 0 Å². The maximum absolute atomic E-state index is 14.0. The Balaban J connectivity index is 1.69. The van der Waals surface area contributed by atoms with E-state index in [1.54, 1.807) is 16.8 Å². The van der Waals surface area contributed by atoms with Crippen molar-refractivity contribution in [1.29, 1.82) is 0 Å². The number of nitrogens with zero attached hydrogens (tertiary/aromatic N) is 5. The Hall–Kier alpha value is -3.27. The molecule has 1 saturated heterocycles. The average Bonchev–Trinajstić information content (AvgIpc) is 3.25. The maximum atomic E-state index is 14.0. The average molecular weight is 400 g/mol. The van der Waals surface area contributed by atoms with E-state index in [2.05, 4.69) is 15.1 Å². The Morgan fingerprint density at radius 1 is 1.38 bits per heavy atom. The second-order valence-electron chi connectivity index (χ2n) is 7.15. The molecule has 1 unspecified atom stereocenters. The van der Waals surface area contributed by atoms with E-state index in [-0.39, 0.29) is 12.5 Å². The lowest BCUT2D eigenvalue weighted by molar-refractivity contribution is -0.137. The first-order valence-corrected chi connectivity index (χ1v) is 9.33. The molecule has 0 bridgehead atoms. The molecule has 10 heteroatoms. The van der Waals surface area contributed by atoms with E-state index >= 15 is 0 Å². The minimum Gasteiger partial charge on any atom is -0.481 e. The van der Waals surface area contributed by atoms with Gasteiger partial charge in [-0.3, -0.25) is 9.78 Å². The van der Waals surface area contributed by atoms with Crippen LogP contribution in [0.2, 0.25) is 0 Å². The lowest BCUT2D eigenvalue weighted by atomic mass is 9.99. The number of aromatic nitrogens is 4. The van der Waals surface area contributed by atoms with Gasteiger partial charge in [-0.2, -0.15) is 5.10 Å². The van der Waals surface area contributed by atoms with Crippen molar-refractivity contribution in [3.05, 3.63) is 47.8 Å². The number of carboxylic acids is 1. The summed E-state index contributed by atoms with van der Waals surface area (Å²) in [5.41, 5.74) is 8.12. The second-order valence-corrected chi connectivity index (χ2v) is 7.15. The van der Waals surface area contributed by atoms with Crippen LogP contribution in [0.5, 0.6) is 0 Å². The van der Waals surface area contributed by atoms with Gasteiger partial charge < -0.3 is 20.8 Å². The number of carboxylic acid groups (broad SMARTS) is 1. The molecular formula is C19H21FN6O3. The topological polar surface area (TPSA) is 130 Å². The molecule has 9 nitrogen and oxygen atoms in total. The molecule has 0 aromatic carbocycles. The fraction of sp³-hybridized carbons (Fsp3) is 0.368. The number of anilines is 2. The van der Waals surface area contributed by atoms with Crippen molar-refractivity contribution < 1.29 is 19.4 Å². The maximum Gasteiger partial charge on any atom is 0.303 e. The predicted octanol–water partition coefficient (Wildman–Crippen LogP) is 1.57. The molecule has 0 amide bonds. The first-order valence-electron chi connectivity index (χ1n) is 9.33. The first kappa shape index (κ1) is 19.1. The summed E-state index contributed by atoms with van der Waals surface area (Å²) in [6, 6.07) is 2.83. The Kier molecular flexibility index (Phi) is 5.01. The van der Waals surface area contributed by atoms with E-state index < -0.39 is 17.9 Å². The minimum absolute atomic E-state index is 0.00815. The van der Waals surface area contributed by atoms with Gasteiger partial charge in [0.25, 0.3) is 0 Å². The molecule has 0 spiro atoms. The minimum atomic E-state index is -0.887. The van der Waals surface area contributed by atoms with E-state index in [4.69, 9.17) is 10.8 Å². The van der Waals surface area contributed by atoms with Crippen LogP contribution in [-0.2, 0) is 11.2 Å². The second kappa shape index (κ2) is 7.63. The fourth-order valence-electron chi connectivity index (χ4n) is 3.79. The van der Waals surface area contributed by atoms with Gasteiger partial charge in [0.15, 0.2) is 5.65 Å². The molecule has 3 aromatic heterocycles. The summed E-state index contributed by atoms with van der Waals surface area (Å²) in [4.78, 5) is 21.5. The fourth-order valence-corrected chi connectivity index (χ4v) is 3.79. The van der Waals surface area contributed by atoms with Crippen molar-refractivity contribution in [2.75, 3.05) is 17.2 Å². The highest BCUT2D eigenvalue weighted by Crippen LogP contribution is 2.37. The largest absolute Gasteiger partial charge is 0.481 e. The normalized spacial score (nSPS) is 19.2. The summed E-state index contributed by atoms with van der Waals surface area (Å²) in [5.74, 6) is -0.777. The quantitative estimate of drug-likeness (QED) is 0.568. The molecule has 1 aliphatic heterocycles. The molecule has 0 saturated carbocycles. The standard InChI is InChI=1S/C19H21FN6O3/c20-11-6-13(15(22-8-11)2-1-3-18(28)29)16-7-12(27)10-25(16)17-4-5-26-19(24-17)14(21)9-23-26/h4-6,8-9,12,16,27H,1-3,7,10,21H2,(H,28,29)/t12-,16?/m1/s1. The smallest absolute Gasteiger partial charge is 0.303 e. The number of carbonyl (C=O) groups is 1. The Labute approximate surface area is 165 Å². The van der Waals surface area contributed by atoms with Crippen LogP contribution in [0, 0.1) is 5.82 Å². The lowest BCUT2D eigenvalue weighted by Gasteiger charge is -2.27. The molecule has 29 heavy (non-hydrogen) atoms. The Morgan fingerprint density at radius 2 is 2.21 bits per heavy atom. The molecule has 152 valence electrons. The number of halogens is 1. The number of aryl methyl sites for hydroxylation is 1. The summed E-state index contributed by atoms with van der Waals surface area (Å²) >= 11 is 0. The van der Waals surface area contributed by atoms with Crippen molar-refractivity contribution in [1.82, 2.24) is 19.6 Å². The van der Waals surface area contributed by atoms with Crippen LogP contribution in [-0.4, -0.2) is 48.4 Å². The van der Waals surface area contributed by atoms with Crippen LogP contribution in [0.4, 0.5) is 15.9 Å². The first-order chi connectivity index (χ1) is 13.9. The molecular weight excluding hydrogens is 379 g/mol. The van der Waals surface area contributed by atoms with E-state index in [9.17, 15) is 14.3 Å². The number of hydrogen-bond donors (Lipinski definition) is 3. The van der Waals surface area contributed by atoms with Gasteiger partial charge in [-0.25, -0.2) is 13.9 Å². The summed E-state index contributed by atoms with van der Waals surface area (Å²) in [6.45, 7) is 0.326. The summed E-state index contributed by atoms with van der Waals surface area (Å²) < 4.78 is 15.6. The molecule has 4 N–H and O–H groups in total. The van der Waals surface area contributed by atoms with Gasteiger partial charge in [-0.15, -0.1) is 0 Å². The van der Waals surface area contributed by atoms with Gasteiger partial charge in [0.2, 0.25) is 0 Å². The number of pyridine rings is 1. The van der Waals surface area contributed by atoms with Crippen molar-refractivity contribution >= 4 is 23.1 Å². The highest BCUT2D eigenvalue weighted by Gasteiger charge is 2.35. The Morgan fingerprint density at radius 3 is 3.00 bits per heavy atom. The number of fused-ring (bicyclic) bond motifs is 1. The van der Waals surface area contributed by atoms with E-state index in [1.165, 1.54) is 12.3 Å². The SMILES string of the molecule is Nc1cnn2ccc(N3C[C@H](O)CC3c3cc(F)cnc3CCCC(=O)O)nc12. The zero-order valence-corrected chi connectivity index (χ0v) is 15.6. The number of β-amino-alcohol motifs (C(OH)–C–C–N with tert-alkyl or cyclic N) is 1. The van der Waals surface area contributed by atoms with Crippen LogP contribution in [0.15, 0.2) is 30.7 Å². The third-order valence-corrected chi connectivity index (χ3v) is 5.09. The summed E-state index contributed by atoms with van der Waals surface area (Å²) in [7, 11) is 0. The Bertz CT molecular complexity index is 1060. The van der Waals surface area contributed by atoms with Crippen molar-refractivity contribution in [2.45, 2.75) is 37.8 Å². The number of hydrogen-bond acceptors (Lipinski definition) is 7. The molecule has 4 heterocycles. The molecule has 0 aliphatic carbocycles. The van der Waals surface area contributed by atoms with Gasteiger partial charge in [0, 0.05) is 24.9 Å². The molecule has 1 fully saturated rings. The summed E-state index contributed by atoms with van der Waals surface area (Å²) in [6.07, 6.45) is 4.96. The van der Waals surface area contributed by atoms with E-state index in [0.717, 1.165) is 6.20 Å². The third-order valence-electron chi connectivity index (χ3n) is 5.09. The number of rotatable bonds is 6. The van der Waals surface area contributed by atoms with Gasteiger partial charge >= 0.3 is 5.97 Å². The van der Waals surface area contributed by atoms with Gasteiger partial charge in [0.1, 0.15) is 11.6 Å². The van der Waals surface area contributed by atoms with Gasteiger partial charge in [-0.1, -0.05) is 0 Å². The van der Waals surface area contributed by atoms with Crippen LogP contribution in [0.1, 0.15) is 36.6 Å². The highest BCUT2D eigenvalue weighted by molar-refractivity contribution is 5.67. The van der Waals surface area contributed by atoms with Crippen molar-refractivity contribution in [3.8, 4) is 0 Å². The van der Waals surface area contributed by atoms with Crippen LogP contribution in [0.3, 0.4) is 0 Å².